The van der Waals surface area contributed by atoms with Gasteiger partial charge in [0, 0.05) is 22.3 Å². The summed E-state index contributed by atoms with van der Waals surface area (Å²) in [6.07, 6.45) is 1.63. The van der Waals surface area contributed by atoms with Crippen LogP contribution >= 0.6 is 11.8 Å². The maximum atomic E-state index is 12.3. The molecule has 0 atom stereocenters. The Morgan fingerprint density at radius 3 is 2.36 bits per heavy atom. The zero-order valence-electron chi connectivity index (χ0n) is 15.2. The van der Waals surface area contributed by atoms with E-state index in [4.69, 9.17) is 4.74 Å². The van der Waals surface area contributed by atoms with Gasteiger partial charge in [0.15, 0.2) is 0 Å². The second-order valence-corrected chi connectivity index (χ2v) is 6.81. The molecule has 0 saturated carbocycles. The first-order chi connectivity index (χ1) is 13.6. The number of ether oxygens (including phenoxy) is 1. The number of nitrogens with one attached hydrogen (secondary N) is 2. The average Bonchev–Trinajstić information content (AvgIpc) is 2.74. The molecule has 0 spiro atoms. The molecule has 0 aliphatic rings. The summed E-state index contributed by atoms with van der Waals surface area (Å²) in [4.78, 5) is 29.2. The molecule has 2 amide bonds. The number of methoxy groups -OCH3 is 1. The molecule has 0 fully saturated rings. The van der Waals surface area contributed by atoms with Crippen LogP contribution in [0.5, 0.6) is 5.75 Å². The number of pyridine rings is 1. The molecule has 1 heterocycles. The molecule has 0 saturated heterocycles. The lowest BCUT2D eigenvalue weighted by Crippen LogP contribution is -2.14. The Bertz CT molecular complexity index is 929. The highest BCUT2D eigenvalue weighted by atomic mass is 32.2. The van der Waals surface area contributed by atoms with E-state index in [1.807, 2.05) is 18.2 Å². The van der Waals surface area contributed by atoms with Gasteiger partial charge in [0.2, 0.25) is 5.91 Å². The fraction of sp³-hybridized carbons (Fsp3) is 0.0952. The van der Waals surface area contributed by atoms with E-state index in [0.717, 1.165) is 4.90 Å². The van der Waals surface area contributed by atoms with Crippen molar-refractivity contribution in [3.05, 3.63) is 78.5 Å². The molecular weight excluding hydrogens is 374 g/mol. The van der Waals surface area contributed by atoms with Crippen LogP contribution in [0.1, 0.15) is 10.4 Å². The van der Waals surface area contributed by atoms with Crippen LogP contribution in [-0.4, -0.2) is 29.7 Å². The van der Waals surface area contributed by atoms with Crippen molar-refractivity contribution in [1.82, 2.24) is 4.98 Å². The highest BCUT2D eigenvalue weighted by Gasteiger charge is 2.07. The van der Waals surface area contributed by atoms with Gasteiger partial charge >= 0.3 is 0 Å². The van der Waals surface area contributed by atoms with Crippen molar-refractivity contribution in [2.75, 3.05) is 23.5 Å². The minimum absolute atomic E-state index is 0.124. The van der Waals surface area contributed by atoms with Crippen LogP contribution in [0.2, 0.25) is 0 Å². The monoisotopic (exact) mass is 393 g/mol. The molecule has 28 heavy (non-hydrogen) atoms. The predicted octanol–water partition coefficient (Wildman–Crippen LogP) is 4.07. The van der Waals surface area contributed by atoms with Gasteiger partial charge in [0.25, 0.3) is 5.91 Å². The molecule has 7 heteroatoms. The molecule has 0 bridgehead atoms. The van der Waals surface area contributed by atoms with E-state index < -0.39 is 0 Å². The maximum Gasteiger partial charge on any atom is 0.255 e. The van der Waals surface area contributed by atoms with Crippen LogP contribution in [0, 0.1) is 0 Å². The molecule has 6 nitrogen and oxygen atoms in total. The van der Waals surface area contributed by atoms with Crippen LogP contribution in [0.25, 0.3) is 0 Å². The van der Waals surface area contributed by atoms with Gasteiger partial charge in [0.1, 0.15) is 11.6 Å². The first kappa shape index (κ1) is 19.4. The highest BCUT2D eigenvalue weighted by molar-refractivity contribution is 8.00. The van der Waals surface area contributed by atoms with Gasteiger partial charge in [-0.1, -0.05) is 6.07 Å². The Labute approximate surface area is 167 Å². The van der Waals surface area contributed by atoms with Gasteiger partial charge in [-0.15, -0.1) is 11.8 Å². The molecule has 2 N–H and O–H groups in total. The standard InChI is InChI=1S/C21H19N3O3S/c1-27-17-9-5-15(6-10-17)21(26)23-16-7-11-18(12-8-16)28-14-20(25)24-19-4-2-3-13-22-19/h2-13H,14H2,1H3,(H,23,26)(H,22,24,25). The summed E-state index contributed by atoms with van der Waals surface area (Å²) in [5.41, 5.74) is 1.23. The lowest BCUT2D eigenvalue weighted by molar-refractivity contribution is -0.113. The Hall–Kier alpha value is -3.32. The number of amides is 2. The third kappa shape index (κ3) is 5.59. The number of nitrogens with zero attached hydrogens (tertiary/aromatic N) is 1. The first-order valence-corrected chi connectivity index (χ1v) is 9.52. The number of benzene rings is 2. The van der Waals surface area contributed by atoms with Gasteiger partial charge < -0.3 is 15.4 Å². The van der Waals surface area contributed by atoms with Gasteiger partial charge in [-0.2, -0.15) is 0 Å². The summed E-state index contributed by atoms with van der Waals surface area (Å²) >= 11 is 1.41. The second-order valence-electron chi connectivity index (χ2n) is 5.76. The summed E-state index contributed by atoms with van der Waals surface area (Å²) in [5, 5.41) is 5.58. The lowest BCUT2D eigenvalue weighted by atomic mass is 10.2. The quantitative estimate of drug-likeness (QED) is 0.592. The van der Waals surface area contributed by atoms with Crippen molar-refractivity contribution in [2.45, 2.75) is 4.90 Å². The number of carbonyl (C=O) groups is 2. The lowest BCUT2D eigenvalue weighted by Gasteiger charge is -2.08. The third-order valence-corrected chi connectivity index (χ3v) is 4.78. The Balaban J connectivity index is 1.50. The van der Waals surface area contributed by atoms with Crippen molar-refractivity contribution in [1.29, 1.82) is 0 Å². The van der Waals surface area contributed by atoms with E-state index in [0.29, 0.717) is 22.8 Å². The molecule has 0 aliphatic heterocycles. The average molecular weight is 393 g/mol. The number of hydrogen-bond acceptors (Lipinski definition) is 5. The minimum Gasteiger partial charge on any atom is -0.497 e. The van der Waals surface area contributed by atoms with Gasteiger partial charge in [-0.25, -0.2) is 4.98 Å². The van der Waals surface area contributed by atoms with Crippen LogP contribution in [0.15, 0.2) is 77.8 Å². The number of hydrogen-bond donors (Lipinski definition) is 2. The van der Waals surface area contributed by atoms with Crippen LogP contribution < -0.4 is 15.4 Å². The van der Waals surface area contributed by atoms with E-state index in [2.05, 4.69) is 15.6 Å². The first-order valence-electron chi connectivity index (χ1n) is 8.53. The number of rotatable bonds is 7. The summed E-state index contributed by atoms with van der Waals surface area (Å²) in [7, 11) is 1.58. The van der Waals surface area contributed by atoms with Crippen LogP contribution in [0.4, 0.5) is 11.5 Å². The number of carbonyl (C=O) groups excluding carboxylic acids is 2. The van der Waals surface area contributed by atoms with Crippen LogP contribution in [-0.2, 0) is 4.79 Å². The molecule has 0 radical (unpaired) electrons. The summed E-state index contributed by atoms with van der Waals surface area (Å²) in [6.45, 7) is 0. The molecule has 1 aromatic heterocycles. The van der Waals surface area contributed by atoms with Crippen LogP contribution in [0.3, 0.4) is 0 Å². The summed E-state index contributed by atoms with van der Waals surface area (Å²) < 4.78 is 5.09. The Morgan fingerprint density at radius 1 is 0.964 bits per heavy atom. The fourth-order valence-corrected chi connectivity index (χ4v) is 3.04. The maximum absolute atomic E-state index is 12.3. The predicted molar refractivity (Wildman–Crippen MR) is 111 cm³/mol. The van der Waals surface area contributed by atoms with Crippen molar-refractivity contribution >= 4 is 35.1 Å². The summed E-state index contributed by atoms with van der Waals surface area (Å²) in [5.74, 6) is 1.18. The molecular formula is C21H19N3O3S. The highest BCUT2D eigenvalue weighted by Crippen LogP contribution is 2.21. The molecule has 3 aromatic rings. The van der Waals surface area contributed by atoms with E-state index in [1.165, 1.54) is 11.8 Å². The van der Waals surface area contributed by atoms with Gasteiger partial charge in [-0.3, -0.25) is 9.59 Å². The smallest absolute Gasteiger partial charge is 0.255 e. The Kier molecular flexibility index (Phi) is 6.64. The van der Waals surface area contributed by atoms with E-state index in [1.54, 1.807) is 61.8 Å². The number of aromatic nitrogens is 1. The van der Waals surface area contributed by atoms with Crippen molar-refractivity contribution in [3.8, 4) is 5.75 Å². The van der Waals surface area contributed by atoms with E-state index in [-0.39, 0.29) is 17.6 Å². The Morgan fingerprint density at radius 2 is 1.71 bits per heavy atom. The van der Waals surface area contributed by atoms with E-state index >= 15 is 0 Å². The zero-order valence-corrected chi connectivity index (χ0v) is 16.0. The molecule has 142 valence electrons. The largest absolute Gasteiger partial charge is 0.497 e. The van der Waals surface area contributed by atoms with Gasteiger partial charge in [0.05, 0.1) is 12.9 Å². The van der Waals surface area contributed by atoms with Crippen molar-refractivity contribution < 1.29 is 14.3 Å². The second kappa shape index (κ2) is 9.57. The molecule has 3 rings (SSSR count). The number of thioether (sulfide) groups is 1. The summed E-state index contributed by atoms with van der Waals surface area (Å²) in [6, 6.07) is 19.6. The SMILES string of the molecule is COc1ccc(C(=O)Nc2ccc(SCC(=O)Nc3ccccn3)cc2)cc1. The van der Waals surface area contributed by atoms with Crippen molar-refractivity contribution in [2.24, 2.45) is 0 Å². The molecule has 2 aromatic carbocycles. The molecule has 0 unspecified atom stereocenters. The van der Waals surface area contributed by atoms with E-state index in [9.17, 15) is 9.59 Å². The normalized spacial score (nSPS) is 10.2. The number of anilines is 2. The fourth-order valence-electron chi connectivity index (χ4n) is 2.34. The zero-order chi connectivity index (χ0) is 19.8. The minimum atomic E-state index is -0.196. The molecule has 0 aliphatic carbocycles. The third-order valence-electron chi connectivity index (χ3n) is 3.77. The topological polar surface area (TPSA) is 80.3 Å². The van der Waals surface area contributed by atoms with Gasteiger partial charge in [-0.05, 0) is 60.7 Å². The van der Waals surface area contributed by atoms with Crippen molar-refractivity contribution in [3.63, 3.8) is 0 Å².